The first kappa shape index (κ1) is 12.5. The predicted molar refractivity (Wildman–Crippen MR) is 71.3 cm³/mol. The van der Waals surface area contributed by atoms with Crippen molar-refractivity contribution in [2.45, 2.75) is 71.6 Å². The van der Waals surface area contributed by atoms with Crippen molar-refractivity contribution >= 4 is 0 Å². The van der Waals surface area contributed by atoms with E-state index in [0.29, 0.717) is 0 Å². The first-order valence-electron chi connectivity index (χ1n) is 6.85. The summed E-state index contributed by atoms with van der Waals surface area (Å²) in [6.07, 6.45) is 7.73. The zero-order valence-corrected chi connectivity index (χ0v) is 11.6. The van der Waals surface area contributed by atoms with E-state index in [1.165, 1.54) is 55.3 Å². The second kappa shape index (κ2) is 4.75. The molecule has 2 nitrogen and oxygen atoms in total. The maximum absolute atomic E-state index is 4.49. The topological polar surface area (TPSA) is 25.8 Å². The Morgan fingerprint density at radius 3 is 2.00 bits per heavy atom. The molecule has 0 N–H and O–H groups in total. The molecule has 1 aromatic rings. The van der Waals surface area contributed by atoms with Gasteiger partial charge in [0.25, 0.3) is 0 Å². The SMILES string of the molecule is Cc1nnc(C(C)(C)C)c2c1CCCCCC2. The van der Waals surface area contributed by atoms with Crippen molar-refractivity contribution in [2.75, 3.05) is 0 Å². The number of hydrogen-bond donors (Lipinski definition) is 0. The van der Waals surface area contributed by atoms with E-state index < -0.39 is 0 Å². The van der Waals surface area contributed by atoms with Crippen LogP contribution in [-0.2, 0) is 18.3 Å². The van der Waals surface area contributed by atoms with Gasteiger partial charge in [0, 0.05) is 5.41 Å². The Hall–Kier alpha value is -0.920. The molecule has 2 rings (SSSR count). The van der Waals surface area contributed by atoms with Gasteiger partial charge in [-0.3, -0.25) is 0 Å². The molecule has 1 heterocycles. The molecule has 0 aliphatic heterocycles. The normalized spacial score (nSPS) is 17.2. The standard InChI is InChI=1S/C15H24N2/c1-11-12-9-7-5-6-8-10-13(12)14(17-16-11)15(2,3)4/h5-10H2,1-4H3. The molecule has 2 heteroatoms. The molecule has 94 valence electrons. The van der Waals surface area contributed by atoms with Gasteiger partial charge in [-0.1, -0.05) is 33.6 Å². The molecule has 0 fully saturated rings. The van der Waals surface area contributed by atoms with Crippen LogP contribution in [-0.4, -0.2) is 10.2 Å². The second-order valence-electron chi connectivity index (χ2n) is 6.26. The maximum atomic E-state index is 4.49. The summed E-state index contributed by atoms with van der Waals surface area (Å²) in [6.45, 7) is 8.84. The second-order valence-corrected chi connectivity index (χ2v) is 6.26. The summed E-state index contributed by atoms with van der Waals surface area (Å²) < 4.78 is 0. The third-order valence-electron chi connectivity index (χ3n) is 3.70. The Labute approximate surface area is 105 Å². The minimum absolute atomic E-state index is 0.115. The van der Waals surface area contributed by atoms with E-state index >= 15 is 0 Å². The average molecular weight is 232 g/mol. The molecule has 0 saturated heterocycles. The van der Waals surface area contributed by atoms with Crippen molar-refractivity contribution < 1.29 is 0 Å². The van der Waals surface area contributed by atoms with Crippen LogP contribution in [0.15, 0.2) is 0 Å². The van der Waals surface area contributed by atoms with Crippen molar-refractivity contribution in [3.63, 3.8) is 0 Å². The van der Waals surface area contributed by atoms with Crippen LogP contribution in [0.25, 0.3) is 0 Å². The van der Waals surface area contributed by atoms with E-state index in [1.807, 2.05) is 0 Å². The van der Waals surface area contributed by atoms with Gasteiger partial charge in [-0.25, -0.2) is 0 Å². The van der Waals surface area contributed by atoms with Gasteiger partial charge in [0.15, 0.2) is 0 Å². The van der Waals surface area contributed by atoms with Crippen molar-refractivity contribution in [3.05, 3.63) is 22.5 Å². The molecule has 0 amide bonds. The smallest absolute Gasteiger partial charge is 0.0719 e. The van der Waals surface area contributed by atoms with Crippen LogP contribution in [0.1, 0.15) is 69.0 Å². The lowest BCUT2D eigenvalue weighted by Crippen LogP contribution is -2.21. The molecule has 1 aromatic heterocycles. The summed E-state index contributed by atoms with van der Waals surface area (Å²) in [6, 6.07) is 0. The van der Waals surface area contributed by atoms with Crippen LogP contribution < -0.4 is 0 Å². The Bertz CT molecular complexity index is 402. The predicted octanol–water partition coefficient (Wildman–Crippen LogP) is 3.74. The zero-order chi connectivity index (χ0) is 12.5. The highest BCUT2D eigenvalue weighted by Crippen LogP contribution is 2.30. The fourth-order valence-corrected chi connectivity index (χ4v) is 2.77. The van der Waals surface area contributed by atoms with Gasteiger partial charge in [-0.15, -0.1) is 0 Å². The Kier molecular flexibility index (Phi) is 3.50. The minimum atomic E-state index is 0.115. The first-order chi connectivity index (χ1) is 8.00. The number of hydrogen-bond acceptors (Lipinski definition) is 2. The molecule has 0 unspecified atom stereocenters. The van der Waals surface area contributed by atoms with E-state index in [-0.39, 0.29) is 5.41 Å². The third-order valence-corrected chi connectivity index (χ3v) is 3.70. The van der Waals surface area contributed by atoms with E-state index in [1.54, 1.807) is 0 Å². The fraction of sp³-hybridized carbons (Fsp3) is 0.733. The molecular weight excluding hydrogens is 208 g/mol. The lowest BCUT2D eigenvalue weighted by Gasteiger charge is -2.25. The number of fused-ring (bicyclic) bond motifs is 1. The zero-order valence-electron chi connectivity index (χ0n) is 11.6. The molecule has 0 atom stereocenters. The van der Waals surface area contributed by atoms with Gasteiger partial charge in [0.2, 0.25) is 0 Å². The van der Waals surface area contributed by atoms with Crippen molar-refractivity contribution in [3.8, 4) is 0 Å². The highest BCUT2D eigenvalue weighted by molar-refractivity contribution is 5.36. The Morgan fingerprint density at radius 2 is 1.41 bits per heavy atom. The Morgan fingerprint density at radius 1 is 0.824 bits per heavy atom. The van der Waals surface area contributed by atoms with Crippen molar-refractivity contribution in [1.29, 1.82) is 0 Å². The largest absolute Gasteiger partial charge is 0.155 e. The van der Waals surface area contributed by atoms with E-state index in [2.05, 4.69) is 37.9 Å². The van der Waals surface area contributed by atoms with Crippen LogP contribution in [0.5, 0.6) is 0 Å². The first-order valence-corrected chi connectivity index (χ1v) is 6.85. The summed E-state index contributed by atoms with van der Waals surface area (Å²) >= 11 is 0. The summed E-state index contributed by atoms with van der Waals surface area (Å²) in [5, 5.41) is 8.87. The summed E-state index contributed by atoms with van der Waals surface area (Å²) in [4.78, 5) is 0. The van der Waals surface area contributed by atoms with Gasteiger partial charge in [-0.05, 0) is 43.7 Å². The number of aromatic nitrogens is 2. The van der Waals surface area contributed by atoms with Crippen LogP contribution in [0.4, 0.5) is 0 Å². The van der Waals surface area contributed by atoms with E-state index in [9.17, 15) is 0 Å². The summed E-state index contributed by atoms with van der Waals surface area (Å²) in [7, 11) is 0. The van der Waals surface area contributed by atoms with Gasteiger partial charge in [0.05, 0.1) is 11.4 Å². The van der Waals surface area contributed by atoms with Crippen molar-refractivity contribution in [2.24, 2.45) is 0 Å². The highest BCUT2D eigenvalue weighted by atomic mass is 15.1. The number of nitrogens with zero attached hydrogens (tertiary/aromatic N) is 2. The molecular formula is C15H24N2. The fourth-order valence-electron chi connectivity index (χ4n) is 2.77. The van der Waals surface area contributed by atoms with Crippen molar-refractivity contribution in [1.82, 2.24) is 10.2 Å². The van der Waals surface area contributed by atoms with Crippen LogP contribution in [0.3, 0.4) is 0 Å². The molecule has 1 aliphatic rings. The van der Waals surface area contributed by atoms with E-state index in [4.69, 9.17) is 0 Å². The monoisotopic (exact) mass is 232 g/mol. The number of rotatable bonds is 0. The molecule has 0 bridgehead atoms. The van der Waals surface area contributed by atoms with Gasteiger partial charge in [0.1, 0.15) is 0 Å². The van der Waals surface area contributed by atoms with Crippen LogP contribution >= 0.6 is 0 Å². The van der Waals surface area contributed by atoms with Gasteiger partial charge >= 0.3 is 0 Å². The average Bonchev–Trinajstić information content (AvgIpc) is 2.17. The quantitative estimate of drug-likeness (QED) is 0.681. The lowest BCUT2D eigenvalue weighted by atomic mass is 9.83. The Balaban J connectivity index is 2.52. The van der Waals surface area contributed by atoms with Crippen LogP contribution in [0, 0.1) is 6.92 Å². The molecule has 1 aliphatic carbocycles. The summed E-state index contributed by atoms with van der Waals surface area (Å²) in [5.74, 6) is 0. The molecule has 0 radical (unpaired) electrons. The molecule has 17 heavy (non-hydrogen) atoms. The number of aryl methyl sites for hydroxylation is 1. The molecule has 0 spiro atoms. The highest BCUT2D eigenvalue weighted by Gasteiger charge is 2.24. The molecule has 0 aromatic carbocycles. The third kappa shape index (κ3) is 2.67. The van der Waals surface area contributed by atoms with E-state index in [0.717, 1.165) is 5.69 Å². The van der Waals surface area contributed by atoms with Gasteiger partial charge in [-0.2, -0.15) is 10.2 Å². The lowest BCUT2D eigenvalue weighted by molar-refractivity contribution is 0.530. The van der Waals surface area contributed by atoms with Crippen LogP contribution in [0.2, 0.25) is 0 Å². The maximum Gasteiger partial charge on any atom is 0.0719 e. The summed E-state index contributed by atoms with van der Waals surface area (Å²) in [5.41, 5.74) is 5.48. The van der Waals surface area contributed by atoms with Gasteiger partial charge < -0.3 is 0 Å². The molecule has 0 saturated carbocycles. The minimum Gasteiger partial charge on any atom is -0.155 e.